The molecule has 0 radical (unpaired) electrons. The molecular weight excluding hydrogens is 352 g/mol. The molecule has 1 aromatic heterocycles. The summed E-state index contributed by atoms with van der Waals surface area (Å²) in [4.78, 5) is 16.2. The summed E-state index contributed by atoms with van der Waals surface area (Å²) in [7, 11) is 0. The van der Waals surface area contributed by atoms with E-state index in [0.717, 1.165) is 37.2 Å². The van der Waals surface area contributed by atoms with E-state index in [1.54, 1.807) is 11.0 Å². The second-order valence-corrected chi connectivity index (χ2v) is 6.64. The zero-order chi connectivity index (χ0) is 19.6. The Morgan fingerprint density at radius 2 is 1.82 bits per heavy atom. The van der Waals surface area contributed by atoms with Crippen molar-refractivity contribution in [2.75, 3.05) is 13.2 Å². The average Bonchev–Trinajstić information content (AvgIpc) is 3.23. The number of benzene rings is 2. The number of hydrogen-bond acceptors (Lipinski definition) is 4. The van der Waals surface area contributed by atoms with Gasteiger partial charge in [0.25, 0.3) is 5.91 Å². The lowest BCUT2D eigenvalue weighted by molar-refractivity contribution is 0.0954. The van der Waals surface area contributed by atoms with Crippen molar-refractivity contribution in [3.8, 4) is 5.75 Å². The zero-order valence-corrected chi connectivity index (χ0v) is 16.2. The predicted molar refractivity (Wildman–Crippen MR) is 108 cm³/mol. The van der Waals surface area contributed by atoms with E-state index in [9.17, 15) is 4.79 Å². The Morgan fingerprint density at radius 3 is 2.50 bits per heavy atom. The number of hydrogen-bond donors (Lipinski definition) is 1. The quantitative estimate of drug-likeness (QED) is 0.549. The van der Waals surface area contributed by atoms with Crippen LogP contribution in [-0.4, -0.2) is 33.8 Å². The van der Waals surface area contributed by atoms with E-state index in [4.69, 9.17) is 4.74 Å². The number of carbonyl (C=O) groups is 1. The van der Waals surface area contributed by atoms with Gasteiger partial charge in [0.05, 0.1) is 13.2 Å². The van der Waals surface area contributed by atoms with Crippen molar-refractivity contribution < 1.29 is 9.53 Å². The van der Waals surface area contributed by atoms with Gasteiger partial charge in [0.2, 0.25) is 0 Å². The minimum absolute atomic E-state index is 0.0631. The number of rotatable bonds is 10. The Labute approximate surface area is 165 Å². The fraction of sp³-hybridized carbons (Fsp3) is 0.318. The second kappa shape index (κ2) is 10.3. The van der Waals surface area contributed by atoms with Gasteiger partial charge in [-0.15, -0.1) is 0 Å². The van der Waals surface area contributed by atoms with Crippen LogP contribution in [0.2, 0.25) is 0 Å². The van der Waals surface area contributed by atoms with Crippen molar-refractivity contribution in [1.82, 2.24) is 20.1 Å². The van der Waals surface area contributed by atoms with E-state index < -0.39 is 0 Å². The maximum absolute atomic E-state index is 12.3. The van der Waals surface area contributed by atoms with Crippen LogP contribution in [0.4, 0.5) is 0 Å². The summed E-state index contributed by atoms with van der Waals surface area (Å²) < 4.78 is 7.41. The highest BCUT2D eigenvalue weighted by Crippen LogP contribution is 2.13. The maximum Gasteiger partial charge on any atom is 0.251 e. The molecule has 1 heterocycles. The average molecular weight is 378 g/mol. The third-order valence-electron chi connectivity index (χ3n) is 4.42. The van der Waals surface area contributed by atoms with Crippen LogP contribution in [0.3, 0.4) is 0 Å². The van der Waals surface area contributed by atoms with E-state index in [-0.39, 0.29) is 5.91 Å². The van der Waals surface area contributed by atoms with Gasteiger partial charge in [-0.25, -0.2) is 9.67 Å². The van der Waals surface area contributed by atoms with Gasteiger partial charge in [-0.3, -0.25) is 4.79 Å². The maximum atomic E-state index is 12.3. The molecule has 0 spiro atoms. The van der Waals surface area contributed by atoms with Crippen LogP contribution in [0.25, 0.3) is 0 Å². The fourth-order valence-corrected chi connectivity index (χ4v) is 2.77. The SMILES string of the molecule is CCCCOc1ccc(CCNC(=O)c2ccc(Cn3cncn3)cc2)cc1. The third kappa shape index (κ3) is 5.94. The minimum atomic E-state index is -0.0631. The summed E-state index contributed by atoms with van der Waals surface area (Å²) in [6.45, 7) is 4.13. The molecule has 0 unspecified atom stereocenters. The zero-order valence-electron chi connectivity index (χ0n) is 16.2. The number of amides is 1. The van der Waals surface area contributed by atoms with Crippen molar-refractivity contribution in [1.29, 1.82) is 0 Å². The molecule has 0 saturated carbocycles. The highest BCUT2D eigenvalue weighted by molar-refractivity contribution is 5.94. The molecule has 6 nitrogen and oxygen atoms in total. The van der Waals surface area contributed by atoms with Crippen LogP contribution >= 0.6 is 0 Å². The molecule has 2 aromatic carbocycles. The van der Waals surface area contributed by atoms with Gasteiger partial charge in [0.15, 0.2) is 0 Å². The normalized spacial score (nSPS) is 10.6. The first kappa shape index (κ1) is 19.6. The molecule has 0 aliphatic heterocycles. The van der Waals surface area contributed by atoms with Crippen LogP contribution in [0, 0.1) is 0 Å². The van der Waals surface area contributed by atoms with Crippen molar-refractivity contribution in [2.24, 2.45) is 0 Å². The first-order chi connectivity index (χ1) is 13.7. The lowest BCUT2D eigenvalue weighted by Gasteiger charge is -2.08. The van der Waals surface area contributed by atoms with Gasteiger partial charge in [-0.2, -0.15) is 5.10 Å². The summed E-state index contributed by atoms with van der Waals surface area (Å²) in [6.07, 6.45) is 6.15. The van der Waals surface area contributed by atoms with Gasteiger partial charge < -0.3 is 10.1 Å². The van der Waals surface area contributed by atoms with Gasteiger partial charge in [0.1, 0.15) is 18.4 Å². The third-order valence-corrected chi connectivity index (χ3v) is 4.42. The van der Waals surface area contributed by atoms with E-state index in [0.29, 0.717) is 18.7 Å². The molecule has 28 heavy (non-hydrogen) atoms. The van der Waals surface area contributed by atoms with Crippen LogP contribution < -0.4 is 10.1 Å². The Balaban J connectivity index is 1.42. The number of nitrogens with zero attached hydrogens (tertiary/aromatic N) is 3. The molecule has 3 rings (SSSR count). The summed E-state index contributed by atoms with van der Waals surface area (Å²) in [5.41, 5.74) is 2.90. The number of ether oxygens (including phenoxy) is 1. The lowest BCUT2D eigenvalue weighted by atomic mass is 10.1. The number of aromatic nitrogens is 3. The smallest absolute Gasteiger partial charge is 0.251 e. The van der Waals surface area contributed by atoms with Crippen molar-refractivity contribution in [3.63, 3.8) is 0 Å². The summed E-state index contributed by atoms with van der Waals surface area (Å²) in [6, 6.07) is 15.6. The first-order valence-electron chi connectivity index (χ1n) is 9.66. The number of nitrogens with one attached hydrogen (secondary N) is 1. The molecule has 0 saturated heterocycles. The summed E-state index contributed by atoms with van der Waals surface area (Å²) >= 11 is 0. The predicted octanol–water partition coefficient (Wildman–Crippen LogP) is 3.48. The molecule has 6 heteroatoms. The summed E-state index contributed by atoms with van der Waals surface area (Å²) in [5.74, 6) is 0.832. The molecule has 0 aliphatic rings. The van der Waals surface area contributed by atoms with Crippen LogP contribution in [-0.2, 0) is 13.0 Å². The molecule has 3 aromatic rings. The van der Waals surface area contributed by atoms with E-state index in [1.165, 1.54) is 11.9 Å². The van der Waals surface area contributed by atoms with Gasteiger partial charge >= 0.3 is 0 Å². The highest BCUT2D eigenvalue weighted by Gasteiger charge is 2.05. The van der Waals surface area contributed by atoms with Gasteiger partial charge in [0, 0.05) is 12.1 Å². The molecule has 0 fully saturated rings. The van der Waals surface area contributed by atoms with E-state index in [1.807, 2.05) is 48.5 Å². The van der Waals surface area contributed by atoms with Crippen LogP contribution in [0.15, 0.2) is 61.2 Å². The van der Waals surface area contributed by atoms with E-state index >= 15 is 0 Å². The fourth-order valence-electron chi connectivity index (χ4n) is 2.77. The van der Waals surface area contributed by atoms with E-state index in [2.05, 4.69) is 22.3 Å². The van der Waals surface area contributed by atoms with Crippen molar-refractivity contribution >= 4 is 5.91 Å². The largest absolute Gasteiger partial charge is 0.494 e. The molecule has 0 aliphatic carbocycles. The van der Waals surface area contributed by atoms with Gasteiger partial charge in [-0.05, 0) is 48.2 Å². The molecule has 0 atom stereocenters. The molecular formula is C22H26N4O2. The highest BCUT2D eigenvalue weighted by atomic mass is 16.5. The Morgan fingerprint density at radius 1 is 1.07 bits per heavy atom. The number of carbonyl (C=O) groups excluding carboxylic acids is 1. The Bertz CT molecular complexity index is 843. The topological polar surface area (TPSA) is 69.0 Å². The van der Waals surface area contributed by atoms with Crippen LogP contribution in [0.5, 0.6) is 5.75 Å². The van der Waals surface area contributed by atoms with Crippen LogP contribution in [0.1, 0.15) is 41.3 Å². The van der Waals surface area contributed by atoms with Crippen molar-refractivity contribution in [3.05, 3.63) is 77.9 Å². The Hall–Kier alpha value is -3.15. The monoisotopic (exact) mass is 378 g/mol. The molecule has 1 N–H and O–H groups in total. The Kier molecular flexibility index (Phi) is 7.18. The second-order valence-electron chi connectivity index (χ2n) is 6.64. The van der Waals surface area contributed by atoms with Gasteiger partial charge in [-0.1, -0.05) is 37.6 Å². The minimum Gasteiger partial charge on any atom is -0.494 e. The standard InChI is InChI=1S/C22H26N4O2/c1-2-3-14-28-21-10-6-18(7-11-21)12-13-24-22(27)20-8-4-19(5-9-20)15-26-17-23-16-25-26/h4-11,16-17H,2-3,12-15H2,1H3,(H,24,27). The molecule has 1 amide bonds. The molecule has 0 bridgehead atoms. The first-order valence-corrected chi connectivity index (χ1v) is 9.66. The lowest BCUT2D eigenvalue weighted by Crippen LogP contribution is -2.25. The summed E-state index contributed by atoms with van der Waals surface area (Å²) in [5, 5.41) is 7.05. The van der Waals surface area contributed by atoms with Crippen molar-refractivity contribution in [2.45, 2.75) is 32.7 Å². The number of unbranched alkanes of at least 4 members (excludes halogenated alkanes) is 1. The molecule has 146 valence electrons.